The first-order chi connectivity index (χ1) is 13.8. The lowest BCUT2D eigenvalue weighted by atomic mass is 10.1. The average molecular weight is 441 g/mol. The van der Waals surface area contributed by atoms with E-state index < -0.39 is 10.0 Å². The standard InChI is InChI=1S/C20H25ClN2O5S/c1-4-23(29(25,26)17-9-10-19(28-3)18(21)13-17)14-20(24)22-12-11-15-5-7-16(27-2)8-6-15/h5-10,13H,4,11-12,14H2,1-3H3,(H,22,24). The molecule has 29 heavy (non-hydrogen) atoms. The van der Waals surface area contributed by atoms with Crippen LogP contribution in [0.1, 0.15) is 12.5 Å². The second-order valence-corrected chi connectivity index (χ2v) is 8.52. The van der Waals surface area contributed by atoms with Crippen LogP contribution < -0.4 is 14.8 Å². The van der Waals surface area contributed by atoms with Gasteiger partial charge < -0.3 is 14.8 Å². The van der Waals surface area contributed by atoms with Gasteiger partial charge in [0.25, 0.3) is 0 Å². The van der Waals surface area contributed by atoms with E-state index in [-0.39, 0.29) is 28.9 Å². The van der Waals surface area contributed by atoms with Gasteiger partial charge in [0.1, 0.15) is 11.5 Å². The van der Waals surface area contributed by atoms with Crippen molar-refractivity contribution >= 4 is 27.5 Å². The summed E-state index contributed by atoms with van der Waals surface area (Å²) in [4.78, 5) is 12.3. The molecule has 158 valence electrons. The maximum absolute atomic E-state index is 12.8. The van der Waals surface area contributed by atoms with Crippen LogP contribution in [0.25, 0.3) is 0 Å². The van der Waals surface area contributed by atoms with Gasteiger partial charge in [-0.1, -0.05) is 30.7 Å². The van der Waals surface area contributed by atoms with Gasteiger partial charge in [0, 0.05) is 13.1 Å². The van der Waals surface area contributed by atoms with Crippen molar-refractivity contribution in [2.45, 2.75) is 18.2 Å². The number of halogens is 1. The molecule has 2 aromatic carbocycles. The number of carbonyl (C=O) groups excluding carboxylic acids is 1. The van der Waals surface area contributed by atoms with E-state index in [1.165, 1.54) is 25.3 Å². The molecular formula is C20H25ClN2O5S. The number of nitrogens with one attached hydrogen (secondary N) is 1. The molecule has 0 aliphatic carbocycles. The van der Waals surface area contributed by atoms with Crippen LogP contribution in [0.15, 0.2) is 47.4 Å². The highest BCUT2D eigenvalue weighted by Crippen LogP contribution is 2.28. The number of amides is 1. The zero-order valence-corrected chi connectivity index (χ0v) is 18.2. The van der Waals surface area contributed by atoms with E-state index in [0.29, 0.717) is 18.7 Å². The maximum atomic E-state index is 12.8. The Morgan fingerprint density at radius 3 is 2.34 bits per heavy atom. The summed E-state index contributed by atoms with van der Waals surface area (Å²) in [6.07, 6.45) is 0.628. The molecule has 0 radical (unpaired) electrons. The number of hydrogen-bond donors (Lipinski definition) is 1. The summed E-state index contributed by atoms with van der Waals surface area (Å²) in [5.74, 6) is 0.772. The van der Waals surface area contributed by atoms with Crippen LogP contribution in [0.5, 0.6) is 11.5 Å². The Labute approximate surface area is 176 Å². The number of sulfonamides is 1. The predicted octanol–water partition coefficient (Wildman–Crippen LogP) is 2.73. The summed E-state index contributed by atoms with van der Waals surface area (Å²) in [6, 6.07) is 11.7. The molecule has 0 atom stereocenters. The van der Waals surface area contributed by atoms with Gasteiger partial charge in [0.2, 0.25) is 15.9 Å². The summed E-state index contributed by atoms with van der Waals surface area (Å²) >= 11 is 6.04. The van der Waals surface area contributed by atoms with Crippen LogP contribution in [0, 0.1) is 0 Å². The van der Waals surface area contributed by atoms with Gasteiger partial charge in [0.05, 0.1) is 30.7 Å². The Balaban J connectivity index is 1.96. The molecule has 0 aliphatic rings. The van der Waals surface area contributed by atoms with Crippen molar-refractivity contribution < 1.29 is 22.7 Å². The molecule has 0 fully saturated rings. The van der Waals surface area contributed by atoms with Crippen molar-refractivity contribution in [2.75, 3.05) is 33.9 Å². The minimum absolute atomic E-state index is 0.0104. The molecule has 1 amide bonds. The number of ether oxygens (including phenoxy) is 2. The van der Waals surface area contributed by atoms with Gasteiger partial charge >= 0.3 is 0 Å². The van der Waals surface area contributed by atoms with E-state index in [0.717, 1.165) is 15.6 Å². The van der Waals surface area contributed by atoms with E-state index >= 15 is 0 Å². The van der Waals surface area contributed by atoms with Gasteiger partial charge in [-0.25, -0.2) is 8.42 Å². The predicted molar refractivity (Wildman–Crippen MR) is 112 cm³/mol. The fourth-order valence-corrected chi connectivity index (χ4v) is 4.43. The SMILES string of the molecule is CCN(CC(=O)NCCc1ccc(OC)cc1)S(=O)(=O)c1ccc(OC)c(Cl)c1. The maximum Gasteiger partial charge on any atom is 0.243 e. The first-order valence-corrected chi connectivity index (χ1v) is 10.9. The largest absolute Gasteiger partial charge is 0.497 e. The van der Waals surface area contributed by atoms with Crippen molar-refractivity contribution in [1.29, 1.82) is 0 Å². The van der Waals surface area contributed by atoms with Gasteiger partial charge in [-0.3, -0.25) is 4.79 Å². The van der Waals surface area contributed by atoms with Gasteiger partial charge in [0.15, 0.2) is 0 Å². The van der Waals surface area contributed by atoms with Crippen LogP contribution in [0.4, 0.5) is 0 Å². The third kappa shape index (κ3) is 6.09. The molecule has 0 saturated heterocycles. The highest BCUT2D eigenvalue weighted by molar-refractivity contribution is 7.89. The highest BCUT2D eigenvalue weighted by atomic mass is 35.5. The fraction of sp³-hybridized carbons (Fsp3) is 0.350. The molecule has 7 nitrogen and oxygen atoms in total. The Hall–Kier alpha value is -2.29. The monoisotopic (exact) mass is 440 g/mol. The Kier molecular flexibility index (Phi) is 8.31. The van der Waals surface area contributed by atoms with Crippen LogP contribution in [-0.2, 0) is 21.2 Å². The highest BCUT2D eigenvalue weighted by Gasteiger charge is 2.26. The summed E-state index contributed by atoms with van der Waals surface area (Å²) in [7, 11) is -0.812. The fourth-order valence-electron chi connectivity index (χ4n) is 2.68. The number of carbonyl (C=O) groups is 1. The quantitative estimate of drug-likeness (QED) is 0.614. The summed E-state index contributed by atoms with van der Waals surface area (Å²) in [6.45, 7) is 1.95. The molecule has 0 saturated carbocycles. The third-order valence-electron chi connectivity index (χ3n) is 4.33. The molecule has 2 aromatic rings. The Morgan fingerprint density at radius 2 is 1.79 bits per heavy atom. The summed E-state index contributed by atoms with van der Waals surface area (Å²) in [5.41, 5.74) is 1.04. The third-order valence-corrected chi connectivity index (χ3v) is 6.54. The summed E-state index contributed by atoms with van der Waals surface area (Å²) < 4.78 is 36.9. The molecule has 0 aliphatic heterocycles. The smallest absolute Gasteiger partial charge is 0.243 e. The minimum atomic E-state index is -3.86. The van der Waals surface area contributed by atoms with E-state index in [1.54, 1.807) is 14.0 Å². The normalized spacial score (nSPS) is 11.3. The number of methoxy groups -OCH3 is 2. The molecule has 0 spiro atoms. The van der Waals surface area contributed by atoms with Gasteiger partial charge in [-0.2, -0.15) is 4.31 Å². The molecule has 0 bridgehead atoms. The molecule has 0 aromatic heterocycles. The van der Waals surface area contributed by atoms with Crippen molar-refractivity contribution in [3.63, 3.8) is 0 Å². The molecule has 2 rings (SSSR count). The molecule has 9 heteroatoms. The second-order valence-electron chi connectivity index (χ2n) is 6.18. The van der Waals surface area contributed by atoms with Crippen LogP contribution in [0.2, 0.25) is 5.02 Å². The lowest BCUT2D eigenvalue weighted by Gasteiger charge is -2.20. The van der Waals surface area contributed by atoms with Crippen LogP contribution >= 0.6 is 11.6 Å². The second kappa shape index (κ2) is 10.5. The van der Waals surface area contributed by atoms with Gasteiger partial charge in [-0.15, -0.1) is 0 Å². The topological polar surface area (TPSA) is 84.9 Å². The van der Waals surface area contributed by atoms with Crippen molar-refractivity contribution in [3.8, 4) is 11.5 Å². The van der Waals surface area contributed by atoms with Crippen molar-refractivity contribution in [3.05, 3.63) is 53.1 Å². The lowest BCUT2D eigenvalue weighted by Crippen LogP contribution is -2.41. The first-order valence-electron chi connectivity index (χ1n) is 9.05. The first kappa shape index (κ1) is 23.0. The zero-order valence-electron chi connectivity index (χ0n) is 16.6. The number of likely N-dealkylation sites (N-methyl/N-ethyl adjacent to an activating group) is 1. The number of benzene rings is 2. The van der Waals surface area contributed by atoms with E-state index in [4.69, 9.17) is 21.1 Å². The van der Waals surface area contributed by atoms with Crippen LogP contribution in [-0.4, -0.2) is 52.5 Å². The molecular weight excluding hydrogens is 416 g/mol. The number of hydrogen-bond acceptors (Lipinski definition) is 5. The van der Waals surface area contributed by atoms with E-state index in [2.05, 4.69) is 5.32 Å². The molecule has 0 heterocycles. The van der Waals surface area contributed by atoms with Crippen molar-refractivity contribution in [1.82, 2.24) is 9.62 Å². The van der Waals surface area contributed by atoms with E-state index in [9.17, 15) is 13.2 Å². The summed E-state index contributed by atoms with van der Waals surface area (Å²) in [5, 5.41) is 2.94. The zero-order chi connectivity index (χ0) is 21.4. The Morgan fingerprint density at radius 1 is 1.10 bits per heavy atom. The van der Waals surface area contributed by atoms with Crippen molar-refractivity contribution in [2.24, 2.45) is 0 Å². The molecule has 0 unspecified atom stereocenters. The Bertz CT molecular complexity index is 932. The van der Waals surface area contributed by atoms with E-state index in [1.807, 2.05) is 24.3 Å². The minimum Gasteiger partial charge on any atom is -0.497 e. The number of nitrogens with zero attached hydrogens (tertiary/aromatic N) is 1. The van der Waals surface area contributed by atoms with Crippen LogP contribution in [0.3, 0.4) is 0 Å². The number of rotatable bonds is 10. The molecule has 1 N–H and O–H groups in total. The van der Waals surface area contributed by atoms with Gasteiger partial charge in [-0.05, 0) is 42.3 Å². The average Bonchev–Trinajstić information content (AvgIpc) is 2.72. The lowest BCUT2D eigenvalue weighted by molar-refractivity contribution is -0.121.